The fourth-order valence-corrected chi connectivity index (χ4v) is 3.67. The van der Waals surface area contributed by atoms with Crippen molar-refractivity contribution in [2.75, 3.05) is 58.2 Å². The highest BCUT2D eigenvalue weighted by molar-refractivity contribution is 7.99. The molecule has 0 saturated heterocycles. The first-order chi connectivity index (χ1) is 8.92. The monoisotopic (exact) mass is 303 g/mol. The van der Waals surface area contributed by atoms with Gasteiger partial charge in [-0.25, -0.2) is 4.79 Å². The molecule has 0 bridgehead atoms. The quantitative estimate of drug-likeness (QED) is 0.639. The van der Waals surface area contributed by atoms with Crippen LogP contribution in [-0.4, -0.2) is 58.5 Å². The van der Waals surface area contributed by atoms with Gasteiger partial charge in [0.05, 0.1) is 17.7 Å². The molecular weight excluding hydrogens is 282 g/mol. The first-order valence-corrected chi connectivity index (χ1v) is 7.86. The third kappa shape index (κ3) is 3.77. The standard InChI is InChI=1S/C12H21N3O2S2/c1-14(2)6-7-15(3)11-9(18-5)8(13)10(19-11)12(16)17-4/h6-7,13H2,1-5H3. The molecule has 0 saturated carbocycles. The summed E-state index contributed by atoms with van der Waals surface area (Å²) in [6, 6.07) is 0. The van der Waals surface area contributed by atoms with Crippen molar-refractivity contribution in [3.8, 4) is 0 Å². The summed E-state index contributed by atoms with van der Waals surface area (Å²) >= 11 is 2.95. The molecule has 0 spiro atoms. The summed E-state index contributed by atoms with van der Waals surface area (Å²) < 4.78 is 4.76. The molecule has 0 amide bonds. The fraction of sp³-hybridized carbons (Fsp3) is 0.583. The minimum absolute atomic E-state index is 0.370. The number of nitrogen functional groups attached to an aromatic ring is 1. The van der Waals surface area contributed by atoms with E-state index < -0.39 is 0 Å². The van der Waals surface area contributed by atoms with E-state index in [2.05, 4.69) is 9.80 Å². The number of nitrogens with zero attached hydrogens (tertiary/aromatic N) is 2. The van der Waals surface area contributed by atoms with E-state index in [4.69, 9.17) is 10.5 Å². The van der Waals surface area contributed by atoms with E-state index in [1.165, 1.54) is 18.4 Å². The van der Waals surface area contributed by atoms with E-state index in [0.29, 0.717) is 10.6 Å². The Morgan fingerprint density at radius 2 is 2.00 bits per heavy atom. The molecule has 2 N–H and O–H groups in total. The van der Waals surface area contributed by atoms with Gasteiger partial charge >= 0.3 is 5.97 Å². The zero-order valence-corrected chi connectivity index (χ0v) is 13.7. The molecule has 0 unspecified atom stereocenters. The molecule has 0 aromatic carbocycles. The summed E-state index contributed by atoms with van der Waals surface area (Å²) in [6.07, 6.45) is 1.96. The Hall–Kier alpha value is -0.920. The number of carbonyl (C=O) groups excluding carboxylic acids is 1. The number of esters is 1. The van der Waals surface area contributed by atoms with Gasteiger partial charge in [0.2, 0.25) is 0 Å². The molecule has 0 fully saturated rings. The molecule has 1 heterocycles. The van der Waals surface area contributed by atoms with Crippen molar-refractivity contribution < 1.29 is 9.53 Å². The van der Waals surface area contributed by atoms with Gasteiger partial charge < -0.3 is 20.3 Å². The molecule has 0 atom stereocenters. The maximum absolute atomic E-state index is 11.7. The van der Waals surface area contributed by atoms with Crippen molar-refractivity contribution in [3.63, 3.8) is 0 Å². The molecule has 0 aliphatic rings. The van der Waals surface area contributed by atoms with E-state index in [0.717, 1.165) is 23.0 Å². The number of ether oxygens (including phenoxy) is 1. The van der Waals surface area contributed by atoms with Crippen molar-refractivity contribution in [2.24, 2.45) is 0 Å². The van der Waals surface area contributed by atoms with E-state index in [9.17, 15) is 4.79 Å². The van der Waals surface area contributed by atoms with Gasteiger partial charge in [-0.3, -0.25) is 0 Å². The summed E-state index contributed by atoms with van der Waals surface area (Å²) in [5.74, 6) is -0.370. The lowest BCUT2D eigenvalue weighted by Gasteiger charge is -2.21. The number of thiophene rings is 1. The van der Waals surface area contributed by atoms with Crippen molar-refractivity contribution in [2.45, 2.75) is 4.90 Å². The zero-order chi connectivity index (χ0) is 14.6. The van der Waals surface area contributed by atoms with Crippen molar-refractivity contribution in [3.05, 3.63) is 4.88 Å². The molecule has 5 nitrogen and oxygen atoms in total. The van der Waals surface area contributed by atoms with Crippen LogP contribution in [0.4, 0.5) is 10.7 Å². The molecule has 7 heteroatoms. The lowest BCUT2D eigenvalue weighted by atomic mass is 10.4. The van der Waals surface area contributed by atoms with Crippen molar-refractivity contribution in [1.29, 1.82) is 0 Å². The van der Waals surface area contributed by atoms with E-state index in [1.807, 2.05) is 27.4 Å². The molecule has 1 aromatic rings. The molecule has 1 aromatic heterocycles. The van der Waals surface area contributed by atoms with Crippen LogP contribution < -0.4 is 10.6 Å². The second-order valence-corrected chi connectivity index (χ2v) is 6.22. The number of likely N-dealkylation sites (N-methyl/N-ethyl adjacent to an activating group) is 2. The lowest BCUT2D eigenvalue weighted by molar-refractivity contribution is 0.0607. The molecule has 0 aliphatic heterocycles. The molecule has 19 heavy (non-hydrogen) atoms. The van der Waals surface area contributed by atoms with Crippen LogP contribution in [0.1, 0.15) is 9.67 Å². The summed E-state index contributed by atoms with van der Waals surface area (Å²) in [4.78, 5) is 17.4. The highest BCUT2D eigenvalue weighted by Crippen LogP contribution is 2.43. The number of rotatable bonds is 6. The van der Waals surface area contributed by atoms with Crippen LogP contribution >= 0.6 is 23.1 Å². The Bertz CT molecular complexity index is 446. The van der Waals surface area contributed by atoms with E-state index >= 15 is 0 Å². The second-order valence-electron chi connectivity index (χ2n) is 4.40. The minimum Gasteiger partial charge on any atom is -0.465 e. The first-order valence-electron chi connectivity index (χ1n) is 5.82. The molecular formula is C12H21N3O2S2. The number of hydrogen-bond donors (Lipinski definition) is 1. The van der Waals surface area contributed by atoms with Crippen LogP contribution in [0.5, 0.6) is 0 Å². The van der Waals surface area contributed by atoms with Crippen LogP contribution in [0, 0.1) is 0 Å². The predicted molar refractivity (Wildman–Crippen MR) is 83.7 cm³/mol. The third-order valence-electron chi connectivity index (χ3n) is 2.69. The topological polar surface area (TPSA) is 58.8 Å². The van der Waals surface area contributed by atoms with Crippen LogP contribution in [-0.2, 0) is 4.74 Å². The first kappa shape index (κ1) is 16.1. The number of nitrogens with two attached hydrogens (primary N) is 1. The summed E-state index contributed by atoms with van der Waals surface area (Å²) in [6.45, 7) is 1.82. The summed E-state index contributed by atoms with van der Waals surface area (Å²) in [7, 11) is 7.45. The Labute approximate surface area is 122 Å². The van der Waals surface area contributed by atoms with Crippen molar-refractivity contribution in [1.82, 2.24) is 4.90 Å². The molecule has 1 rings (SSSR count). The van der Waals surface area contributed by atoms with Gasteiger partial charge in [0.1, 0.15) is 9.88 Å². The van der Waals surface area contributed by atoms with Gasteiger partial charge in [0.25, 0.3) is 0 Å². The van der Waals surface area contributed by atoms with Gasteiger partial charge in [-0.2, -0.15) is 0 Å². The van der Waals surface area contributed by atoms with Gasteiger partial charge in [0, 0.05) is 20.1 Å². The average molecular weight is 303 g/mol. The Morgan fingerprint density at radius 1 is 1.37 bits per heavy atom. The Kier molecular flexibility index (Phi) is 5.96. The van der Waals surface area contributed by atoms with Crippen LogP contribution in [0.2, 0.25) is 0 Å². The Morgan fingerprint density at radius 3 is 2.47 bits per heavy atom. The maximum Gasteiger partial charge on any atom is 0.350 e. The lowest BCUT2D eigenvalue weighted by Crippen LogP contribution is -2.28. The number of carbonyl (C=O) groups is 1. The van der Waals surface area contributed by atoms with Crippen molar-refractivity contribution >= 4 is 39.8 Å². The number of anilines is 2. The molecule has 0 radical (unpaired) electrons. The minimum atomic E-state index is -0.370. The largest absolute Gasteiger partial charge is 0.465 e. The summed E-state index contributed by atoms with van der Waals surface area (Å²) in [5, 5.41) is 1.02. The Balaban J connectivity index is 3.03. The fourth-order valence-electron chi connectivity index (χ4n) is 1.56. The second kappa shape index (κ2) is 7.02. The highest BCUT2D eigenvalue weighted by atomic mass is 32.2. The normalized spacial score (nSPS) is 10.8. The SMILES string of the molecule is COC(=O)c1sc(N(C)CCN(C)C)c(SC)c1N. The number of thioether (sulfide) groups is 1. The van der Waals surface area contributed by atoms with Crippen LogP contribution in [0.25, 0.3) is 0 Å². The third-order valence-corrected chi connectivity index (χ3v) is 4.94. The number of hydrogen-bond acceptors (Lipinski definition) is 7. The van der Waals surface area contributed by atoms with Crippen LogP contribution in [0.3, 0.4) is 0 Å². The number of methoxy groups -OCH3 is 1. The highest BCUT2D eigenvalue weighted by Gasteiger charge is 2.23. The average Bonchev–Trinajstić information content (AvgIpc) is 2.72. The molecule has 0 aliphatic carbocycles. The predicted octanol–water partition coefficient (Wildman–Crippen LogP) is 1.84. The molecule has 108 valence electrons. The zero-order valence-electron chi connectivity index (χ0n) is 12.0. The summed E-state index contributed by atoms with van der Waals surface area (Å²) in [5.41, 5.74) is 6.56. The van der Waals surface area contributed by atoms with Crippen LogP contribution in [0.15, 0.2) is 4.90 Å². The smallest absolute Gasteiger partial charge is 0.350 e. The maximum atomic E-state index is 11.7. The van der Waals surface area contributed by atoms with Gasteiger partial charge in [-0.1, -0.05) is 0 Å². The van der Waals surface area contributed by atoms with E-state index in [1.54, 1.807) is 11.8 Å². The van der Waals surface area contributed by atoms with Gasteiger partial charge in [0.15, 0.2) is 0 Å². The van der Waals surface area contributed by atoms with E-state index in [-0.39, 0.29) is 5.97 Å². The van der Waals surface area contributed by atoms with Gasteiger partial charge in [-0.05, 0) is 20.4 Å². The van der Waals surface area contributed by atoms with Gasteiger partial charge in [-0.15, -0.1) is 23.1 Å².